The number of ether oxygens (including phenoxy) is 2. The largest absolute Gasteiger partial charge is 0.479 e. The number of carbonyl (C=O) groups is 3. The van der Waals surface area contributed by atoms with Crippen LogP contribution in [-0.2, 0) is 32.1 Å². The molecule has 3 atom stereocenters. The molecule has 3 unspecified atom stereocenters. The molecule has 2 aromatic carbocycles. The minimum atomic E-state index is -1.30. The standard InChI is InChI=1S/C26H30F3N3O5S/c1-3-36-26(35)15(2)37-19-6-4-16(5-7-19)14-31-24(34)25-32(8-9-38-25)23(33)12-18(30)10-17-11-21(28)22(29)13-20(17)27/h4-7,11,13,15,18,25H,3,8-10,12,14,30H2,1-2H3,(H,31,34). The van der Waals surface area contributed by atoms with Crippen molar-refractivity contribution in [3.63, 3.8) is 0 Å². The molecule has 8 nitrogen and oxygen atoms in total. The SMILES string of the molecule is CCOC(=O)C(C)Oc1ccc(CNC(=O)C2SCCN2C(=O)CC(N)Cc2cc(F)c(F)cc2F)cc1. The summed E-state index contributed by atoms with van der Waals surface area (Å²) in [6.45, 7) is 4.12. The number of benzene rings is 2. The maximum Gasteiger partial charge on any atom is 0.347 e. The van der Waals surface area contributed by atoms with Crippen molar-refractivity contribution in [2.45, 2.75) is 50.8 Å². The van der Waals surface area contributed by atoms with Gasteiger partial charge in [0.15, 0.2) is 23.1 Å². The highest BCUT2D eigenvalue weighted by atomic mass is 32.2. The monoisotopic (exact) mass is 553 g/mol. The second kappa shape index (κ2) is 13.5. The van der Waals surface area contributed by atoms with Crippen molar-refractivity contribution in [1.82, 2.24) is 10.2 Å². The van der Waals surface area contributed by atoms with Gasteiger partial charge in [0.05, 0.1) is 6.61 Å². The molecule has 1 aliphatic rings. The third-order valence-electron chi connectivity index (χ3n) is 5.77. The summed E-state index contributed by atoms with van der Waals surface area (Å²) in [6, 6.07) is 7.17. The predicted octanol–water partition coefficient (Wildman–Crippen LogP) is 2.91. The van der Waals surface area contributed by atoms with E-state index in [4.69, 9.17) is 15.2 Å². The van der Waals surface area contributed by atoms with E-state index in [0.717, 1.165) is 11.6 Å². The van der Waals surface area contributed by atoms with Crippen LogP contribution in [0.1, 0.15) is 31.4 Å². The average Bonchev–Trinajstić information content (AvgIpc) is 3.37. The molecule has 0 aliphatic carbocycles. The number of hydrogen-bond acceptors (Lipinski definition) is 7. The summed E-state index contributed by atoms with van der Waals surface area (Å²) >= 11 is 1.31. The average molecular weight is 554 g/mol. The van der Waals surface area contributed by atoms with Crippen LogP contribution in [-0.4, -0.2) is 59.1 Å². The van der Waals surface area contributed by atoms with Gasteiger partial charge in [-0.2, -0.15) is 0 Å². The minimum absolute atomic E-state index is 0.124. The first-order valence-corrected chi connectivity index (χ1v) is 13.1. The first-order chi connectivity index (χ1) is 18.1. The molecule has 38 heavy (non-hydrogen) atoms. The Hall–Kier alpha value is -3.25. The summed E-state index contributed by atoms with van der Waals surface area (Å²) in [5.74, 6) is -3.60. The molecular weight excluding hydrogens is 523 g/mol. The lowest BCUT2D eigenvalue weighted by atomic mass is 10.0. The molecule has 2 amide bonds. The molecule has 1 aliphatic heterocycles. The van der Waals surface area contributed by atoms with Crippen LogP contribution in [0.3, 0.4) is 0 Å². The van der Waals surface area contributed by atoms with Gasteiger partial charge in [-0.1, -0.05) is 12.1 Å². The molecule has 3 N–H and O–H groups in total. The van der Waals surface area contributed by atoms with Gasteiger partial charge in [-0.25, -0.2) is 18.0 Å². The van der Waals surface area contributed by atoms with Crippen molar-refractivity contribution in [1.29, 1.82) is 0 Å². The Morgan fingerprint density at radius 1 is 1.13 bits per heavy atom. The van der Waals surface area contributed by atoms with Gasteiger partial charge in [0.2, 0.25) is 5.91 Å². The second-order valence-electron chi connectivity index (χ2n) is 8.71. The summed E-state index contributed by atoms with van der Waals surface area (Å²) < 4.78 is 51.0. The normalized spacial score (nSPS) is 16.6. The van der Waals surface area contributed by atoms with Crippen LogP contribution in [0.4, 0.5) is 13.2 Å². The highest BCUT2D eigenvalue weighted by Gasteiger charge is 2.35. The van der Waals surface area contributed by atoms with Crippen LogP contribution in [0, 0.1) is 17.5 Å². The molecule has 0 saturated carbocycles. The van der Waals surface area contributed by atoms with Gasteiger partial charge in [0, 0.05) is 37.4 Å². The second-order valence-corrected chi connectivity index (χ2v) is 9.90. The summed E-state index contributed by atoms with van der Waals surface area (Å²) in [6.07, 6.45) is -1.10. The lowest BCUT2D eigenvalue weighted by Gasteiger charge is -2.24. The van der Waals surface area contributed by atoms with E-state index in [9.17, 15) is 27.6 Å². The van der Waals surface area contributed by atoms with Gasteiger partial charge in [0.1, 0.15) is 11.6 Å². The quantitative estimate of drug-likeness (QED) is 0.325. The van der Waals surface area contributed by atoms with Crippen molar-refractivity contribution in [2.75, 3.05) is 18.9 Å². The molecule has 12 heteroatoms. The highest BCUT2D eigenvalue weighted by Crippen LogP contribution is 2.25. The summed E-state index contributed by atoms with van der Waals surface area (Å²) in [5, 5.41) is 2.06. The number of halogens is 3. The summed E-state index contributed by atoms with van der Waals surface area (Å²) in [4.78, 5) is 38.8. The van der Waals surface area contributed by atoms with Crippen LogP contribution >= 0.6 is 11.8 Å². The number of nitrogens with one attached hydrogen (secondary N) is 1. The van der Waals surface area contributed by atoms with Crippen LogP contribution in [0.2, 0.25) is 0 Å². The van der Waals surface area contributed by atoms with Crippen LogP contribution in [0.5, 0.6) is 5.75 Å². The Kier molecular flexibility index (Phi) is 10.4. The number of esters is 1. The van der Waals surface area contributed by atoms with E-state index < -0.39 is 40.9 Å². The number of nitrogens with zero attached hydrogens (tertiary/aromatic N) is 1. The molecular formula is C26H30F3N3O5S. The van der Waals surface area contributed by atoms with E-state index in [0.29, 0.717) is 24.1 Å². The fourth-order valence-corrected chi connectivity index (χ4v) is 5.00. The summed E-state index contributed by atoms with van der Waals surface area (Å²) in [7, 11) is 0. The van der Waals surface area contributed by atoms with E-state index in [1.807, 2.05) is 0 Å². The molecule has 1 fully saturated rings. The van der Waals surface area contributed by atoms with Crippen molar-refractivity contribution in [2.24, 2.45) is 5.73 Å². The van der Waals surface area contributed by atoms with Gasteiger partial charge < -0.3 is 25.4 Å². The van der Waals surface area contributed by atoms with Crippen molar-refractivity contribution in [3.8, 4) is 5.75 Å². The van der Waals surface area contributed by atoms with E-state index in [2.05, 4.69) is 5.32 Å². The van der Waals surface area contributed by atoms with E-state index in [1.54, 1.807) is 38.1 Å². The molecule has 0 aromatic heterocycles. The van der Waals surface area contributed by atoms with Crippen LogP contribution < -0.4 is 15.8 Å². The lowest BCUT2D eigenvalue weighted by Crippen LogP contribution is -2.46. The Labute approximate surface area is 223 Å². The number of carbonyl (C=O) groups excluding carboxylic acids is 3. The fraction of sp³-hybridized carbons (Fsp3) is 0.423. The third kappa shape index (κ3) is 7.87. The van der Waals surface area contributed by atoms with Gasteiger partial charge in [-0.3, -0.25) is 9.59 Å². The Morgan fingerprint density at radius 2 is 1.82 bits per heavy atom. The van der Waals surface area contributed by atoms with E-state index >= 15 is 0 Å². The van der Waals surface area contributed by atoms with Gasteiger partial charge in [-0.05, 0) is 49.6 Å². The molecule has 0 radical (unpaired) electrons. The zero-order valence-electron chi connectivity index (χ0n) is 21.0. The van der Waals surface area contributed by atoms with Gasteiger partial charge >= 0.3 is 5.97 Å². The zero-order chi connectivity index (χ0) is 27.8. The maximum atomic E-state index is 13.9. The lowest BCUT2D eigenvalue weighted by molar-refractivity contribution is -0.150. The third-order valence-corrected chi connectivity index (χ3v) is 6.97. The molecule has 0 bridgehead atoms. The Morgan fingerprint density at radius 3 is 2.50 bits per heavy atom. The Bertz CT molecular complexity index is 1150. The van der Waals surface area contributed by atoms with Gasteiger partial charge in [0.25, 0.3) is 5.91 Å². The number of thioether (sulfide) groups is 1. The van der Waals surface area contributed by atoms with Crippen LogP contribution in [0.15, 0.2) is 36.4 Å². The predicted molar refractivity (Wildman–Crippen MR) is 136 cm³/mol. The van der Waals surface area contributed by atoms with Gasteiger partial charge in [-0.15, -0.1) is 11.8 Å². The molecule has 1 heterocycles. The number of nitrogens with two attached hydrogens (primary N) is 1. The molecule has 0 spiro atoms. The molecule has 2 aromatic rings. The number of rotatable bonds is 11. The first kappa shape index (κ1) is 29.3. The number of hydrogen-bond donors (Lipinski definition) is 2. The topological polar surface area (TPSA) is 111 Å². The fourth-order valence-electron chi connectivity index (χ4n) is 3.83. The maximum absolute atomic E-state index is 13.9. The van der Waals surface area contributed by atoms with Crippen molar-refractivity contribution < 1.29 is 37.0 Å². The molecule has 1 saturated heterocycles. The first-order valence-electron chi connectivity index (χ1n) is 12.1. The summed E-state index contributed by atoms with van der Waals surface area (Å²) in [5.41, 5.74) is 6.65. The van der Waals surface area contributed by atoms with E-state index in [1.165, 1.54) is 16.7 Å². The van der Waals surface area contributed by atoms with E-state index in [-0.39, 0.29) is 43.4 Å². The Balaban J connectivity index is 1.50. The van der Waals surface area contributed by atoms with Crippen molar-refractivity contribution in [3.05, 3.63) is 65.0 Å². The number of amides is 2. The highest BCUT2D eigenvalue weighted by molar-refractivity contribution is 8.00. The van der Waals surface area contributed by atoms with Crippen LogP contribution in [0.25, 0.3) is 0 Å². The molecule has 206 valence electrons. The minimum Gasteiger partial charge on any atom is -0.479 e. The molecule has 3 rings (SSSR count). The smallest absolute Gasteiger partial charge is 0.347 e. The zero-order valence-corrected chi connectivity index (χ0v) is 21.9. The van der Waals surface area contributed by atoms with Crippen molar-refractivity contribution >= 4 is 29.5 Å².